The molecule has 0 atom stereocenters. The fraction of sp³-hybridized carbons (Fsp3) is 0.357. The van der Waals surface area contributed by atoms with E-state index in [4.69, 9.17) is 9.84 Å². The minimum absolute atomic E-state index is 0.0314. The Labute approximate surface area is 122 Å². The Balaban J connectivity index is 2.24. The molecule has 0 aliphatic rings. The SMILES string of the molecule is CCC(=O)NCCCNC(=O)Oc1ccc(C(=O)O)cc1. The highest BCUT2D eigenvalue weighted by molar-refractivity contribution is 5.87. The van der Waals surface area contributed by atoms with Crippen molar-refractivity contribution in [1.82, 2.24) is 10.6 Å². The fourth-order valence-electron chi connectivity index (χ4n) is 1.44. The van der Waals surface area contributed by atoms with Crippen molar-refractivity contribution in [3.05, 3.63) is 29.8 Å². The van der Waals surface area contributed by atoms with Gasteiger partial charge >= 0.3 is 12.1 Å². The van der Waals surface area contributed by atoms with Crippen LogP contribution in [0.5, 0.6) is 5.75 Å². The van der Waals surface area contributed by atoms with Gasteiger partial charge in [-0.2, -0.15) is 0 Å². The standard InChI is InChI=1S/C14H18N2O5/c1-2-12(17)15-8-3-9-16-14(20)21-11-6-4-10(5-7-11)13(18)19/h4-7H,2-3,8-9H2,1H3,(H,15,17)(H,16,20)(H,18,19). The summed E-state index contributed by atoms with van der Waals surface area (Å²) in [6.45, 7) is 2.62. The molecule has 0 spiro atoms. The maximum absolute atomic E-state index is 11.4. The first-order valence-corrected chi connectivity index (χ1v) is 6.58. The molecule has 1 rings (SSSR count). The molecule has 0 heterocycles. The molecule has 2 amide bonds. The van der Waals surface area contributed by atoms with Gasteiger partial charge in [-0.15, -0.1) is 0 Å². The van der Waals surface area contributed by atoms with Crippen molar-refractivity contribution >= 4 is 18.0 Å². The van der Waals surface area contributed by atoms with Gasteiger partial charge in [0.25, 0.3) is 0 Å². The van der Waals surface area contributed by atoms with E-state index in [2.05, 4.69) is 10.6 Å². The number of carboxylic acid groups (broad SMARTS) is 1. The molecule has 114 valence electrons. The Hall–Kier alpha value is -2.57. The Bertz CT molecular complexity index is 499. The lowest BCUT2D eigenvalue weighted by Crippen LogP contribution is -2.31. The van der Waals surface area contributed by atoms with Crippen molar-refractivity contribution in [1.29, 1.82) is 0 Å². The first-order valence-electron chi connectivity index (χ1n) is 6.58. The molecule has 0 aliphatic heterocycles. The molecule has 0 radical (unpaired) electrons. The molecule has 1 aromatic rings. The second-order valence-corrected chi connectivity index (χ2v) is 4.20. The lowest BCUT2D eigenvalue weighted by Gasteiger charge is -2.07. The van der Waals surface area contributed by atoms with Crippen LogP contribution in [0.3, 0.4) is 0 Å². The second kappa shape index (κ2) is 8.57. The van der Waals surface area contributed by atoms with E-state index in [1.807, 2.05) is 0 Å². The van der Waals surface area contributed by atoms with Gasteiger partial charge in [-0.05, 0) is 30.7 Å². The van der Waals surface area contributed by atoms with E-state index in [1.54, 1.807) is 6.92 Å². The number of aromatic carboxylic acids is 1. The highest BCUT2D eigenvalue weighted by Gasteiger charge is 2.06. The maximum atomic E-state index is 11.4. The van der Waals surface area contributed by atoms with Crippen molar-refractivity contribution in [3.63, 3.8) is 0 Å². The third-order valence-corrected chi connectivity index (χ3v) is 2.58. The number of hydrogen-bond donors (Lipinski definition) is 3. The van der Waals surface area contributed by atoms with Gasteiger partial charge in [-0.1, -0.05) is 6.92 Å². The Kier molecular flexibility index (Phi) is 6.73. The highest BCUT2D eigenvalue weighted by atomic mass is 16.6. The van der Waals surface area contributed by atoms with Crippen LogP contribution in [0.25, 0.3) is 0 Å². The monoisotopic (exact) mass is 294 g/mol. The molecule has 1 aromatic carbocycles. The summed E-state index contributed by atoms with van der Waals surface area (Å²) in [5.74, 6) is -0.812. The van der Waals surface area contributed by atoms with Crippen LogP contribution in [-0.4, -0.2) is 36.2 Å². The number of carboxylic acids is 1. The number of carbonyl (C=O) groups excluding carboxylic acids is 2. The fourth-order valence-corrected chi connectivity index (χ4v) is 1.44. The van der Waals surface area contributed by atoms with Gasteiger partial charge in [-0.3, -0.25) is 4.79 Å². The van der Waals surface area contributed by atoms with E-state index >= 15 is 0 Å². The van der Waals surface area contributed by atoms with E-state index in [1.165, 1.54) is 24.3 Å². The maximum Gasteiger partial charge on any atom is 0.412 e. The first-order chi connectivity index (χ1) is 10.0. The summed E-state index contributed by atoms with van der Waals surface area (Å²) in [6.07, 6.45) is 0.403. The van der Waals surface area contributed by atoms with Gasteiger partial charge in [0, 0.05) is 19.5 Å². The molecule has 0 saturated heterocycles. The molecule has 0 aromatic heterocycles. The zero-order chi connectivity index (χ0) is 15.7. The molecule has 0 bridgehead atoms. The second-order valence-electron chi connectivity index (χ2n) is 4.20. The predicted octanol–water partition coefficient (Wildman–Crippen LogP) is 1.39. The summed E-state index contributed by atoms with van der Waals surface area (Å²) in [5.41, 5.74) is 0.120. The van der Waals surface area contributed by atoms with E-state index in [-0.39, 0.29) is 17.2 Å². The van der Waals surface area contributed by atoms with Gasteiger partial charge in [0.05, 0.1) is 5.56 Å². The average molecular weight is 294 g/mol. The Morgan fingerprint density at radius 3 is 2.29 bits per heavy atom. The van der Waals surface area contributed by atoms with Gasteiger partial charge < -0.3 is 20.5 Å². The van der Waals surface area contributed by atoms with Crippen molar-refractivity contribution < 1.29 is 24.2 Å². The number of ether oxygens (including phenoxy) is 1. The molecule has 0 aliphatic carbocycles. The van der Waals surface area contributed by atoms with Gasteiger partial charge in [0.15, 0.2) is 0 Å². The van der Waals surface area contributed by atoms with Crippen molar-refractivity contribution in [3.8, 4) is 5.75 Å². The van der Waals surface area contributed by atoms with Gasteiger partial charge in [0.1, 0.15) is 5.75 Å². The minimum atomic E-state index is -1.04. The molecule has 3 N–H and O–H groups in total. The Morgan fingerprint density at radius 2 is 1.71 bits per heavy atom. The molecule has 0 unspecified atom stereocenters. The van der Waals surface area contributed by atoms with Crippen LogP contribution in [0.15, 0.2) is 24.3 Å². The summed E-state index contributed by atoms with van der Waals surface area (Å²) in [6, 6.07) is 5.52. The van der Waals surface area contributed by atoms with Crippen molar-refractivity contribution in [2.75, 3.05) is 13.1 Å². The summed E-state index contributed by atoms with van der Waals surface area (Å²) in [7, 11) is 0. The average Bonchev–Trinajstić information content (AvgIpc) is 2.47. The predicted molar refractivity (Wildman–Crippen MR) is 75.3 cm³/mol. The third-order valence-electron chi connectivity index (χ3n) is 2.58. The molecule has 0 saturated carbocycles. The number of rotatable bonds is 7. The normalized spacial score (nSPS) is 9.76. The lowest BCUT2D eigenvalue weighted by molar-refractivity contribution is -0.120. The van der Waals surface area contributed by atoms with Crippen LogP contribution in [0.1, 0.15) is 30.1 Å². The quantitative estimate of drug-likeness (QED) is 0.659. The molecular formula is C14H18N2O5. The number of benzene rings is 1. The van der Waals surface area contributed by atoms with Crippen LogP contribution in [0.4, 0.5) is 4.79 Å². The van der Waals surface area contributed by atoms with Gasteiger partial charge in [0.2, 0.25) is 5.91 Å². The lowest BCUT2D eigenvalue weighted by atomic mass is 10.2. The number of amides is 2. The Morgan fingerprint density at radius 1 is 1.10 bits per heavy atom. The van der Waals surface area contributed by atoms with Crippen LogP contribution in [-0.2, 0) is 4.79 Å². The molecular weight excluding hydrogens is 276 g/mol. The van der Waals surface area contributed by atoms with Gasteiger partial charge in [-0.25, -0.2) is 9.59 Å². The van der Waals surface area contributed by atoms with Crippen LogP contribution in [0.2, 0.25) is 0 Å². The molecule has 7 nitrogen and oxygen atoms in total. The molecule has 0 fully saturated rings. The highest BCUT2D eigenvalue weighted by Crippen LogP contribution is 2.12. The zero-order valence-electron chi connectivity index (χ0n) is 11.7. The topological polar surface area (TPSA) is 105 Å². The number of carbonyl (C=O) groups is 3. The molecule has 7 heteroatoms. The van der Waals surface area contributed by atoms with Crippen molar-refractivity contribution in [2.45, 2.75) is 19.8 Å². The summed E-state index contributed by atoms with van der Waals surface area (Å²) >= 11 is 0. The number of nitrogens with one attached hydrogen (secondary N) is 2. The molecule has 21 heavy (non-hydrogen) atoms. The first kappa shape index (κ1) is 16.5. The number of hydrogen-bond acceptors (Lipinski definition) is 4. The van der Waals surface area contributed by atoms with E-state index in [0.29, 0.717) is 25.9 Å². The summed E-state index contributed by atoms with van der Waals surface area (Å²) < 4.78 is 4.97. The van der Waals surface area contributed by atoms with Crippen LogP contribution in [0, 0.1) is 0 Å². The smallest absolute Gasteiger partial charge is 0.412 e. The minimum Gasteiger partial charge on any atom is -0.478 e. The zero-order valence-corrected chi connectivity index (χ0v) is 11.7. The van der Waals surface area contributed by atoms with Crippen LogP contribution >= 0.6 is 0 Å². The van der Waals surface area contributed by atoms with Crippen molar-refractivity contribution in [2.24, 2.45) is 0 Å². The summed E-state index contributed by atoms with van der Waals surface area (Å²) in [5, 5.41) is 13.9. The summed E-state index contributed by atoms with van der Waals surface area (Å²) in [4.78, 5) is 33.1. The van der Waals surface area contributed by atoms with E-state index in [9.17, 15) is 14.4 Å². The van der Waals surface area contributed by atoms with Crippen LogP contribution < -0.4 is 15.4 Å². The van der Waals surface area contributed by atoms with E-state index < -0.39 is 12.1 Å². The third kappa shape index (κ3) is 6.42. The van der Waals surface area contributed by atoms with E-state index in [0.717, 1.165) is 0 Å². The largest absolute Gasteiger partial charge is 0.478 e.